The van der Waals surface area contributed by atoms with Crippen LogP contribution in [0.3, 0.4) is 0 Å². The normalized spacial score (nSPS) is 16.3. The van der Waals surface area contributed by atoms with Crippen LogP contribution in [-0.2, 0) is 17.6 Å². The number of nitrogens with one attached hydrogen (secondary N) is 1. The number of hydrogen-bond donors (Lipinski definition) is 2. The van der Waals surface area contributed by atoms with E-state index in [1.165, 1.54) is 5.56 Å². The van der Waals surface area contributed by atoms with E-state index < -0.39 is 0 Å². The van der Waals surface area contributed by atoms with Gasteiger partial charge in [-0.25, -0.2) is 0 Å². The Hall–Kier alpha value is -1.35. The van der Waals surface area contributed by atoms with Gasteiger partial charge in [0.05, 0.1) is 6.42 Å². The zero-order valence-corrected chi connectivity index (χ0v) is 8.21. The van der Waals surface area contributed by atoms with Crippen molar-refractivity contribution in [2.45, 2.75) is 25.8 Å². The highest BCUT2D eigenvalue weighted by molar-refractivity contribution is 5.99. The van der Waals surface area contributed by atoms with Gasteiger partial charge in [0.15, 0.2) is 0 Å². The van der Waals surface area contributed by atoms with Gasteiger partial charge in [0.25, 0.3) is 0 Å². The molecule has 1 heterocycles. The Morgan fingerprint density at radius 1 is 1.57 bits per heavy atom. The van der Waals surface area contributed by atoms with E-state index in [1.807, 2.05) is 25.1 Å². The van der Waals surface area contributed by atoms with Crippen LogP contribution in [0, 0.1) is 0 Å². The third-order valence-electron chi connectivity index (χ3n) is 2.43. The number of amides is 1. The summed E-state index contributed by atoms with van der Waals surface area (Å²) in [6.07, 6.45) is 1.33. The highest BCUT2D eigenvalue weighted by atomic mass is 16.1. The fourth-order valence-electron chi connectivity index (χ4n) is 1.85. The van der Waals surface area contributed by atoms with Gasteiger partial charge >= 0.3 is 0 Å². The zero-order valence-electron chi connectivity index (χ0n) is 8.21. The zero-order chi connectivity index (χ0) is 10.1. The second-order valence-electron chi connectivity index (χ2n) is 3.85. The Morgan fingerprint density at radius 2 is 2.36 bits per heavy atom. The summed E-state index contributed by atoms with van der Waals surface area (Å²) in [6, 6.07) is 6.08. The summed E-state index contributed by atoms with van der Waals surface area (Å²) in [6.45, 7) is 1.98. The number of rotatable bonds is 2. The minimum atomic E-state index is 0.0807. The molecule has 0 aromatic heterocycles. The van der Waals surface area contributed by atoms with E-state index in [4.69, 9.17) is 5.73 Å². The second-order valence-corrected chi connectivity index (χ2v) is 3.85. The number of nitrogens with two attached hydrogens (primary N) is 1. The van der Waals surface area contributed by atoms with Crippen molar-refractivity contribution in [1.29, 1.82) is 0 Å². The molecule has 74 valence electrons. The quantitative estimate of drug-likeness (QED) is 0.733. The minimum Gasteiger partial charge on any atom is -0.328 e. The standard InChI is InChI=1S/C11H14N2O/c1-7(12)5-8-3-2-4-10-9(8)6-11(14)13-10/h2-4,7H,5-6,12H2,1H3,(H,13,14). The number of carbonyl (C=O) groups is 1. The SMILES string of the molecule is CC(N)Cc1cccc2c1CC(=O)N2. The van der Waals surface area contributed by atoms with Gasteiger partial charge < -0.3 is 11.1 Å². The topological polar surface area (TPSA) is 55.1 Å². The Labute approximate surface area is 83.3 Å². The van der Waals surface area contributed by atoms with E-state index in [0.717, 1.165) is 17.7 Å². The lowest BCUT2D eigenvalue weighted by atomic mass is 9.99. The fourth-order valence-corrected chi connectivity index (χ4v) is 1.85. The van der Waals surface area contributed by atoms with Crippen LogP contribution < -0.4 is 11.1 Å². The number of fused-ring (bicyclic) bond motifs is 1. The van der Waals surface area contributed by atoms with Crippen molar-refractivity contribution in [3.63, 3.8) is 0 Å². The Bertz CT molecular complexity index is 372. The molecule has 14 heavy (non-hydrogen) atoms. The van der Waals surface area contributed by atoms with E-state index >= 15 is 0 Å². The molecule has 2 rings (SSSR count). The molecule has 3 N–H and O–H groups in total. The summed E-state index contributed by atoms with van der Waals surface area (Å²) >= 11 is 0. The molecule has 3 heteroatoms. The first kappa shape index (κ1) is 9.21. The first-order chi connectivity index (χ1) is 6.66. The van der Waals surface area contributed by atoms with E-state index in [-0.39, 0.29) is 11.9 Å². The smallest absolute Gasteiger partial charge is 0.228 e. The maximum Gasteiger partial charge on any atom is 0.228 e. The van der Waals surface area contributed by atoms with Crippen molar-refractivity contribution in [3.8, 4) is 0 Å². The van der Waals surface area contributed by atoms with Crippen molar-refractivity contribution in [1.82, 2.24) is 0 Å². The largest absolute Gasteiger partial charge is 0.328 e. The highest BCUT2D eigenvalue weighted by Gasteiger charge is 2.20. The molecular weight excluding hydrogens is 176 g/mol. The maximum atomic E-state index is 11.2. The van der Waals surface area contributed by atoms with Gasteiger partial charge in [-0.3, -0.25) is 4.79 Å². The summed E-state index contributed by atoms with van der Waals surface area (Å²) in [5.74, 6) is 0.0807. The summed E-state index contributed by atoms with van der Waals surface area (Å²) in [4.78, 5) is 11.2. The molecular formula is C11H14N2O. The molecule has 1 aromatic carbocycles. The molecule has 1 atom stereocenters. The van der Waals surface area contributed by atoms with Crippen molar-refractivity contribution in [3.05, 3.63) is 29.3 Å². The average Bonchev–Trinajstić information content (AvgIpc) is 2.45. The molecule has 3 nitrogen and oxygen atoms in total. The molecule has 0 saturated carbocycles. The van der Waals surface area contributed by atoms with E-state index in [0.29, 0.717) is 6.42 Å². The molecule has 1 aromatic rings. The van der Waals surface area contributed by atoms with Crippen LogP contribution in [0.1, 0.15) is 18.1 Å². The third-order valence-corrected chi connectivity index (χ3v) is 2.43. The third kappa shape index (κ3) is 1.63. The Kier molecular flexibility index (Phi) is 2.25. The molecule has 0 aliphatic carbocycles. The van der Waals surface area contributed by atoms with Crippen LogP contribution in [0.25, 0.3) is 0 Å². The summed E-state index contributed by atoms with van der Waals surface area (Å²) < 4.78 is 0. The van der Waals surface area contributed by atoms with E-state index in [1.54, 1.807) is 0 Å². The van der Waals surface area contributed by atoms with Gasteiger partial charge in [-0.15, -0.1) is 0 Å². The highest BCUT2D eigenvalue weighted by Crippen LogP contribution is 2.26. The Morgan fingerprint density at radius 3 is 3.07 bits per heavy atom. The first-order valence-corrected chi connectivity index (χ1v) is 4.83. The maximum absolute atomic E-state index is 11.2. The van der Waals surface area contributed by atoms with Crippen LogP contribution in [0.4, 0.5) is 5.69 Å². The predicted molar refractivity (Wildman–Crippen MR) is 56.1 cm³/mol. The number of hydrogen-bond acceptors (Lipinski definition) is 2. The molecule has 0 saturated heterocycles. The average molecular weight is 190 g/mol. The lowest BCUT2D eigenvalue weighted by Gasteiger charge is -2.09. The van der Waals surface area contributed by atoms with Gasteiger partial charge in [-0.2, -0.15) is 0 Å². The van der Waals surface area contributed by atoms with Crippen molar-refractivity contribution >= 4 is 11.6 Å². The van der Waals surface area contributed by atoms with Crippen LogP contribution in [0.5, 0.6) is 0 Å². The number of carbonyl (C=O) groups excluding carboxylic acids is 1. The summed E-state index contributed by atoms with van der Waals surface area (Å²) in [7, 11) is 0. The lowest BCUT2D eigenvalue weighted by Crippen LogP contribution is -2.18. The molecule has 1 unspecified atom stereocenters. The monoisotopic (exact) mass is 190 g/mol. The number of benzene rings is 1. The molecule has 1 aliphatic rings. The van der Waals surface area contributed by atoms with Gasteiger partial charge in [-0.1, -0.05) is 12.1 Å². The van der Waals surface area contributed by atoms with Crippen molar-refractivity contribution < 1.29 is 4.79 Å². The summed E-state index contributed by atoms with van der Waals surface area (Å²) in [5, 5.41) is 2.83. The molecule has 1 aliphatic heterocycles. The van der Waals surface area contributed by atoms with Crippen molar-refractivity contribution in [2.75, 3.05) is 5.32 Å². The number of anilines is 1. The molecule has 0 radical (unpaired) electrons. The van der Waals surface area contributed by atoms with E-state index in [9.17, 15) is 4.79 Å². The van der Waals surface area contributed by atoms with Gasteiger partial charge in [0.1, 0.15) is 0 Å². The van der Waals surface area contributed by atoms with E-state index in [2.05, 4.69) is 5.32 Å². The first-order valence-electron chi connectivity index (χ1n) is 4.83. The second kappa shape index (κ2) is 3.42. The molecule has 0 spiro atoms. The fraction of sp³-hybridized carbons (Fsp3) is 0.364. The summed E-state index contributed by atoms with van der Waals surface area (Å²) in [5.41, 5.74) is 9.01. The van der Waals surface area contributed by atoms with Crippen LogP contribution in [0.15, 0.2) is 18.2 Å². The predicted octanol–water partition coefficient (Wildman–Crippen LogP) is 1.07. The van der Waals surface area contributed by atoms with Gasteiger partial charge in [-0.05, 0) is 30.5 Å². The van der Waals surface area contributed by atoms with Gasteiger partial charge in [0, 0.05) is 11.7 Å². The Balaban J connectivity index is 2.34. The minimum absolute atomic E-state index is 0.0807. The lowest BCUT2D eigenvalue weighted by molar-refractivity contribution is -0.115. The van der Waals surface area contributed by atoms with Crippen LogP contribution in [-0.4, -0.2) is 11.9 Å². The van der Waals surface area contributed by atoms with Gasteiger partial charge in [0.2, 0.25) is 5.91 Å². The van der Waals surface area contributed by atoms with Crippen molar-refractivity contribution in [2.24, 2.45) is 5.73 Å². The van der Waals surface area contributed by atoms with Crippen LogP contribution >= 0.6 is 0 Å². The molecule has 0 fully saturated rings. The molecule has 0 bridgehead atoms. The van der Waals surface area contributed by atoms with Crippen LogP contribution in [0.2, 0.25) is 0 Å². The molecule has 1 amide bonds.